The second-order valence-corrected chi connectivity index (χ2v) is 7.18. The molecule has 0 spiro atoms. The molecule has 11 heteroatoms. The lowest BCUT2D eigenvalue weighted by atomic mass is 9.85. The normalized spacial score (nSPS) is 14.2. The molecule has 1 aromatic carbocycles. The molecule has 3 rings (SSSR count). The Hall–Kier alpha value is -3.66. The van der Waals surface area contributed by atoms with E-state index in [1.54, 1.807) is 38.1 Å². The number of rotatable bonds is 6. The summed E-state index contributed by atoms with van der Waals surface area (Å²) in [5.41, 5.74) is 1.25. The van der Waals surface area contributed by atoms with Crippen molar-refractivity contribution in [2.24, 2.45) is 5.92 Å². The summed E-state index contributed by atoms with van der Waals surface area (Å²) in [7, 11) is 2.34. The molecule has 2 heterocycles. The average Bonchev–Trinajstić information content (AvgIpc) is 3.25. The molecule has 1 aliphatic heterocycles. The van der Waals surface area contributed by atoms with Gasteiger partial charge < -0.3 is 24.1 Å². The number of aromatic nitrogens is 2. The number of allylic oxidation sites excluding steroid dienone is 2. The Morgan fingerprint density at radius 1 is 1.03 bits per heavy atom. The predicted molar refractivity (Wildman–Crippen MR) is 111 cm³/mol. The number of hydrogen-bond acceptors (Lipinski definition) is 10. The van der Waals surface area contributed by atoms with Crippen molar-refractivity contribution in [3.8, 4) is 11.4 Å². The van der Waals surface area contributed by atoms with Gasteiger partial charge in [0.15, 0.2) is 6.61 Å². The first kappa shape index (κ1) is 23.0. The van der Waals surface area contributed by atoms with E-state index in [1.165, 1.54) is 14.2 Å². The number of ether oxygens (including phenoxy) is 3. The van der Waals surface area contributed by atoms with Crippen molar-refractivity contribution in [2.75, 3.05) is 14.2 Å². The number of halogens is 1. The zero-order valence-electron chi connectivity index (χ0n) is 17.7. The third-order valence-electron chi connectivity index (χ3n) is 4.72. The number of nitrogens with zero attached hydrogens (tertiary/aromatic N) is 2. The summed E-state index contributed by atoms with van der Waals surface area (Å²) in [6.45, 7) is 2.80. The number of esters is 3. The molecule has 1 aliphatic rings. The highest BCUT2D eigenvalue weighted by Crippen LogP contribution is 2.32. The van der Waals surface area contributed by atoms with Crippen LogP contribution in [0, 0.1) is 5.92 Å². The lowest BCUT2D eigenvalue weighted by Gasteiger charge is -2.28. The number of hydrogen-bond donors (Lipinski definition) is 1. The Kier molecular flexibility index (Phi) is 6.94. The van der Waals surface area contributed by atoms with Crippen LogP contribution in [-0.4, -0.2) is 42.3 Å². The summed E-state index contributed by atoms with van der Waals surface area (Å²) in [5, 5.41) is 7.30. The molecule has 0 aliphatic carbocycles. The van der Waals surface area contributed by atoms with Crippen LogP contribution in [0.4, 0.5) is 0 Å². The van der Waals surface area contributed by atoms with Crippen molar-refractivity contribution in [3.05, 3.63) is 57.7 Å². The second kappa shape index (κ2) is 9.65. The number of benzene rings is 1. The monoisotopic (exact) mass is 461 g/mol. The molecule has 0 amide bonds. The highest BCUT2D eigenvalue weighted by molar-refractivity contribution is 6.30. The maximum Gasteiger partial charge on any atom is 0.336 e. The van der Waals surface area contributed by atoms with Gasteiger partial charge in [-0.05, 0) is 38.1 Å². The molecule has 0 bridgehead atoms. The summed E-state index contributed by atoms with van der Waals surface area (Å²) < 4.78 is 20.0. The van der Waals surface area contributed by atoms with Gasteiger partial charge in [-0.3, -0.25) is 4.79 Å². The molecular weight excluding hydrogens is 442 g/mol. The molecule has 0 saturated carbocycles. The van der Waals surface area contributed by atoms with E-state index in [2.05, 4.69) is 15.5 Å². The number of nitrogens with one attached hydrogen (secondary N) is 1. The molecule has 0 atom stereocenters. The van der Waals surface area contributed by atoms with Crippen LogP contribution >= 0.6 is 11.6 Å². The van der Waals surface area contributed by atoms with Gasteiger partial charge in [0, 0.05) is 22.0 Å². The lowest BCUT2D eigenvalue weighted by molar-refractivity contribution is -0.152. The molecule has 10 nitrogen and oxygen atoms in total. The van der Waals surface area contributed by atoms with E-state index in [9.17, 15) is 14.4 Å². The Morgan fingerprint density at radius 3 is 2.12 bits per heavy atom. The summed E-state index contributed by atoms with van der Waals surface area (Å²) in [6, 6.07) is 6.78. The van der Waals surface area contributed by atoms with E-state index in [0.717, 1.165) is 0 Å². The summed E-state index contributed by atoms with van der Waals surface area (Å²) >= 11 is 5.87. The molecule has 1 aromatic heterocycles. The summed E-state index contributed by atoms with van der Waals surface area (Å²) in [4.78, 5) is 41.9. The number of dihydropyridines is 1. The number of methoxy groups -OCH3 is 2. The van der Waals surface area contributed by atoms with Crippen LogP contribution in [-0.2, 0) is 35.2 Å². The van der Waals surface area contributed by atoms with Crippen LogP contribution in [0.2, 0.25) is 5.02 Å². The maximum absolute atomic E-state index is 13.0. The third-order valence-corrected chi connectivity index (χ3v) is 4.97. The smallest absolute Gasteiger partial charge is 0.336 e. The fourth-order valence-electron chi connectivity index (χ4n) is 3.24. The number of carbonyl (C=O) groups is 3. The van der Waals surface area contributed by atoms with E-state index in [0.29, 0.717) is 22.0 Å². The quantitative estimate of drug-likeness (QED) is 0.505. The zero-order valence-corrected chi connectivity index (χ0v) is 18.5. The van der Waals surface area contributed by atoms with Crippen LogP contribution in [0.15, 0.2) is 51.3 Å². The molecule has 32 heavy (non-hydrogen) atoms. The van der Waals surface area contributed by atoms with Gasteiger partial charge in [0.1, 0.15) is 5.92 Å². The van der Waals surface area contributed by atoms with Crippen LogP contribution in [0.1, 0.15) is 19.7 Å². The van der Waals surface area contributed by atoms with E-state index in [4.69, 9.17) is 30.3 Å². The highest BCUT2D eigenvalue weighted by Gasteiger charge is 2.42. The van der Waals surface area contributed by atoms with Crippen molar-refractivity contribution in [1.82, 2.24) is 15.5 Å². The van der Waals surface area contributed by atoms with E-state index < -0.39 is 23.8 Å². The molecule has 2 aromatic rings. The van der Waals surface area contributed by atoms with Gasteiger partial charge in [0.25, 0.3) is 5.89 Å². The molecule has 0 fully saturated rings. The van der Waals surface area contributed by atoms with Crippen LogP contribution < -0.4 is 5.32 Å². The van der Waals surface area contributed by atoms with Crippen LogP contribution in [0.5, 0.6) is 0 Å². The first-order valence-corrected chi connectivity index (χ1v) is 9.75. The Balaban J connectivity index is 1.83. The van der Waals surface area contributed by atoms with Crippen molar-refractivity contribution in [1.29, 1.82) is 0 Å². The molecule has 0 saturated heterocycles. The zero-order chi connectivity index (χ0) is 23.4. The fraction of sp³-hybridized carbons (Fsp3) is 0.286. The van der Waals surface area contributed by atoms with Gasteiger partial charge in [-0.1, -0.05) is 16.8 Å². The highest BCUT2D eigenvalue weighted by atomic mass is 35.5. The van der Waals surface area contributed by atoms with Gasteiger partial charge in [0.2, 0.25) is 5.82 Å². The van der Waals surface area contributed by atoms with Gasteiger partial charge in [-0.15, -0.1) is 0 Å². The maximum atomic E-state index is 13.0. The molecule has 0 radical (unpaired) electrons. The Bertz CT molecular complexity index is 1080. The van der Waals surface area contributed by atoms with E-state index in [1.807, 2.05) is 0 Å². The molecule has 168 valence electrons. The SMILES string of the molecule is COC(=O)C1=C(C)NC(C)=C(C(=O)OC)C1C(=O)OCc1nc(-c2ccc(Cl)cc2)no1. The van der Waals surface area contributed by atoms with Crippen LogP contribution in [0.3, 0.4) is 0 Å². The number of carbonyl (C=O) groups excluding carboxylic acids is 3. The molecule has 1 N–H and O–H groups in total. The average molecular weight is 462 g/mol. The van der Waals surface area contributed by atoms with Gasteiger partial charge in [-0.25, -0.2) is 9.59 Å². The van der Waals surface area contributed by atoms with Gasteiger partial charge >= 0.3 is 17.9 Å². The van der Waals surface area contributed by atoms with E-state index >= 15 is 0 Å². The van der Waals surface area contributed by atoms with Crippen molar-refractivity contribution < 1.29 is 33.1 Å². The van der Waals surface area contributed by atoms with Gasteiger partial charge in [0.05, 0.1) is 25.4 Å². The predicted octanol–water partition coefficient (Wildman–Crippen LogP) is 2.55. The minimum Gasteiger partial charge on any atom is -0.466 e. The van der Waals surface area contributed by atoms with E-state index in [-0.39, 0.29) is 29.5 Å². The van der Waals surface area contributed by atoms with Crippen LogP contribution in [0.25, 0.3) is 11.4 Å². The summed E-state index contributed by atoms with van der Waals surface area (Å²) in [5.74, 6) is -3.49. The standard InChI is InChI=1S/C21H20ClN3O7/c1-10-15(19(26)29-3)17(16(11(2)23-10)20(27)30-4)21(28)31-9-14-24-18(25-32-14)12-5-7-13(22)8-6-12/h5-8,17,23H,9H2,1-4H3. The molecular formula is C21H20ClN3O7. The Morgan fingerprint density at radius 2 is 1.59 bits per heavy atom. The minimum atomic E-state index is -1.35. The topological polar surface area (TPSA) is 130 Å². The first-order valence-electron chi connectivity index (χ1n) is 9.37. The fourth-order valence-corrected chi connectivity index (χ4v) is 3.36. The Labute approximate surface area is 188 Å². The molecule has 0 unspecified atom stereocenters. The lowest BCUT2D eigenvalue weighted by Crippen LogP contribution is -2.37. The van der Waals surface area contributed by atoms with Crippen molar-refractivity contribution >= 4 is 29.5 Å². The first-order chi connectivity index (χ1) is 15.3. The van der Waals surface area contributed by atoms with Crippen molar-refractivity contribution in [3.63, 3.8) is 0 Å². The second-order valence-electron chi connectivity index (χ2n) is 6.74. The van der Waals surface area contributed by atoms with Crippen molar-refractivity contribution in [2.45, 2.75) is 20.5 Å². The third kappa shape index (κ3) is 4.65. The summed E-state index contributed by atoms with van der Waals surface area (Å²) in [6.07, 6.45) is 0. The van der Waals surface area contributed by atoms with Gasteiger partial charge in [-0.2, -0.15) is 4.98 Å². The minimum absolute atomic E-state index is 0.0258. The largest absolute Gasteiger partial charge is 0.466 e.